The summed E-state index contributed by atoms with van der Waals surface area (Å²) in [6, 6.07) is 7.34. The third-order valence-corrected chi connectivity index (χ3v) is 4.21. The lowest BCUT2D eigenvalue weighted by Crippen LogP contribution is -2.36. The van der Waals surface area contributed by atoms with Crippen LogP contribution in [0.25, 0.3) is 0 Å². The molecular weight excluding hydrogens is 222 g/mol. The molecule has 0 unspecified atom stereocenters. The summed E-state index contributed by atoms with van der Waals surface area (Å²) in [5.74, 6) is 0. The van der Waals surface area contributed by atoms with Crippen molar-refractivity contribution < 1.29 is 5.11 Å². The third-order valence-electron chi connectivity index (χ3n) is 4.21. The number of benzene rings is 1. The van der Waals surface area contributed by atoms with Crippen LogP contribution in [0.1, 0.15) is 42.4 Å². The SMILES string of the molecule is Cc1ccc(CN(C)C2CCC(O)CC2)c(C)c1. The Bertz CT molecular complexity index is 394. The van der Waals surface area contributed by atoms with E-state index in [0.29, 0.717) is 6.04 Å². The van der Waals surface area contributed by atoms with E-state index in [-0.39, 0.29) is 6.10 Å². The Balaban J connectivity index is 1.96. The van der Waals surface area contributed by atoms with Gasteiger partial charge in [0.25, 0.3) is 0 Å². The highest BCUT2D eigenvalue weighted by Crippen LogP contribution is 2.24. The summed E-state index contributed by atoms with van der Waals surface area (Å²) >= 11 is 0. The number of hydrogen-bond acceptors (Lipinski definition) is 2. The van der Waals surface area contributed by atoms with Crippen LogP contribution >= 0.6 is 0 Å². The zero-order valence-corrected chi connectivity index (χ0v) is 11.8. The van der Waals surface area contributed by atoms with E-state index < -0.39 is 0 Å². The van der Waals surface area contributed by atoms with E-state index in [2.05, 4.69) is 44.0 Å². The maximum absolute atomic E-state index is 9.55. The Hall–Kier alpha value is -0.860. The number of rotatable bonds is 3. The second kappa shape index (κ2) is 5.85. The van der Waals surface area contributed by atoms with E-state index in [1.165, 1.54) is 16.7 Å². The minimum Gasteiger partial charge on any atom is -0.393 e. The van der Waals surface area contributed by atoms with Crippen molar-refractivity contribution in [1.82, 2.24) is 4.90 Å². The standard InChI is InChI=1S/C16H25NO/c1-12-4-5-14(13(2)10-12)11-17(3)15-6-8-16(18)9-7-15/h4-5,10,15-16,18H,6-9,11H2,1-3H3. The maximum Gasteiger partial charge on any atom is 0.0541 e. The minimum atomic E-state index is -0.0595. The average molecular weight is 247 g/mol. The molecule has 1 aromatic rings. The number of aryl methyl sites for hydroxylation is 2. The Morgan fingerprint density at radius 3 is 2.44 bits per heavy atom. The molecule has 2 heteroatoms. The number of aliphatic hydroxyl groups excluding tert-OH is 1. The fourth-order valence-electron chi connectivity index (χ4n) is 2.92. The van der Waals surface area contributed by atoms with Gasteiger partial charge in [0.1, 0.15) is 0 Å². The van der Waals surface area contributed by atoms with E-state index in [4.69, 9.17) is 0 Å². The number of hydrogen-bond donors (Lipinski definition) is 1. The third kappa shape index (κ3) is 3.33. The predicted molar refractivity (Wildman–Crippen MR) is 75.6 cm³/mol. The molecule has 0 amide bonds. The molecule has 18 heavy (non-hydrogen) atoms. The fraction of sp³-hybridized carbons (Fsp3) is 0.625. The van der Waals surface area contributed by atoms with Crippen LogP contribution < -0.4 is 0 Å². The lowest BCUT2D eigenvalue weighted by atomic mass is 9.92. The molecule has 1 fully saturated rings. The van der Waals surface area contributed by atoms with Crippen molar-refractivity contribution >= 4 is 0 Å². The zero-order chi connectivity index (χ0) is 13.1. The van der Waals surface area contributed by atoms with Crippen molar-refractivity contribution in [2.24, 2.45) is 0 Å². The lowest BCUT2D eigenvalue weighted by Gasteiger charge is -2.33. The van der Waals surface area contributed by atoms with E-state index in [1.807, 2.05) is 0 Å². The quantitative estimate of drug-likeness (QED) is 0.887. The molecule has 1 aromatic carbocycles. The van der Waals surface area contributed by atoms with Crippen LogP contribution in [-0.2, 0) is 6.54 Å². The molecule has 100 valence electrons. The molecule has 0 heterocycles. The molecule has 0 spiro atoms. The fourth-order valence-corrected chi connectivity index (χ4v) is 2.92. The highest BCUT2D eigenvalue weighted by atomic mass is 16.3. The highest BCUT2D eigenvalue weighted by Gasteiger charge is 2.22. The van der Waals surface area contributed by atoms with Gasteiger partial charge in [-0.1, -0.05) is 23.8 Å². The van der Waals surface area contributed by atoms with Crippen LogP contribution in [0.2, 0.25) is 0 Å². The van der Waals surface area contributed by atoms with Gasteiger partial charge in [-0.25, -0.2) is 0 Å². The Kier molecular flexibility index (Phi) is 4.41. The van der Waals surface area contributed by atoms with Crippen LogP contribution in [0.4, 0.5) is 0 Å². The van der Waals surface area contributed by atoms with Gasteiger partial charge >= 0.3 is 0 Å². The molecule has 1 saturated carbocycles. The summed E-state index contributed by atoms with van der Waals surface area (Å²) < 4.78 is 0. The molecule has 1 N–H and O–H groups in total. The van der Waals surface area contributed by atoms with Crippen molar-refractivity contribution in [2.75, 3.05) is 7.05 Å². The topological polar surface area (TPSA) is 23.5 Å². The lowest BCUT2D eigenvalue weighted by molar-refractivity contribution is 0.0817. The highest BCUT2D eigenvalue weighted by molar-refractivity contribution is 5.30. The van der Waals surface area contributed by atoms with Gasteiger partial charge in [-0.15, -0.1) is 0 Å². The first kappa shape index (κ1) is 13.6. The van der Waals surface area contributed by atoms with Gasteiger partial charge in [0.2, 0.25) is 0 Å². The summed E-state index contributed by atoms with van der Waals surface area (Å²) in [5, 5.41) is 9.55. The van der Waals surface area contributed by atoms with Crippen molar-refractivity contribution in [3.05, 3.63) is 34.9 Å². The van der Waals surface area contributed by atoms with Crippen molar-refractivity contribution in [1.29, 1.82) is 0 Å². The Morgan fingerprint density at radius 1 is 1.17 bits per heavy atom. The molecule has 0 aromatic heterocycles. The Labute approximate surface area is 111 Å². The molecule has 0 bridgehead atoms. The molecular formula is C16H25NO. The molecule has 0 saturated heterocycles. The number of nitrogens with zero attached hydrogens (tertiary/aromatic N) is 1. The first-order valence-corrected chi connectivity index (χ1v) is 7.00. The van der Waals surface area contributed by atoms with Gasteiger partial charge in [0.15, 0.2) is 0 Å². The summed E-state index contributed by atoms with van der Waals surface area (Å²) in [6.45, 7) is 5.36. The van der Waals surface area contributed by atoms with Gasteiger partial charge in [0.05, 0.1) is 6.10 Å². The first-order chi connectivity index (χ1) is 8.56. The summed E-state index contributed by atoms with van der Waals surface area (Å²) in [5.41, 5.74) is 4.15. The van der Waals surface area contributed by atoms with E-state index in [0.717, 1.165) is 32.2 Å². The zero-order valence-electron chi connectivity index (χ0n) is 11.8. The summed E-state index contributed by atoms with van der Waals surface area (Å²) in [7, 11) is 2.21. The van der Waals surface area contributed by atoms with Gasteiger partial charge < -0.3 is 5.11 Å². The van der Waals surface area contributed by atoms with Gasteiger partial charge in [-0.3, -0.25) is 4.90 Å². The van der Waals surface area contributed by atoms with Crippen LogP contribution in [0, 0.1) is 13.8 Å². The molecule has 1 aliphatic rings. The van der Waals surface area contributed by atoms with Crippen molar-refractivity contribution in [2.45, 2.75) is 58.2 Å². The van der Waals surface area contributed by atoms with E-state index in [1.54, 1.807) is 0 Å². The van der Waals surface area contributed by atoms with E-state index >= 15 is 0 Å². The monoisotopic (exact) mass is 247 g/mol. The summed E-state index contributed by atoms with van der Waals surface area (Å²) in [6.07, 6.45) is 4.12. The van der Waals surface area contributed by atoms with Crippen LogP contribution in [0.3, 0.4) is 0 Å². The smallest absolute Gasteiger partial charge is 0.0541 e. The normalized spacial score (nSPS) is 24.5. The average Bonchev–Trinajstić information content (AvgIpc) is 2.33. The molecule has 2 nitrogen and oxygen atoms in total. The number of aliphatic hydroxyl groups is 1. The van der Waals surface area contributed by atoms with Crippen molar-refractivity contribution in [3.63, 3.8) is 0 Å². The second-order valence-electron chi connectivity index (χ2n) is 5.81. The summed E-state index contributed by atoms with van der Waals surface area (Å²) in [4.78, 5) is 2.45. The maximum atomic E-state index is 9.55. The van der Waals surface area contributed by atoms with Crippen molar-refractivity contribution in [3.8, 4) is 0 Å². The van der Waals surface area contributed by atoms with Crippen LogP contribution in [0.15, 0.2) is 18.2 Å². The molecule has 1 aliphatic carbocycles. The second-order valence-corrected chi connectivity index (χ2v) is 5.81. The van der Waals surface area contributed by atoms with Gasteiger partial charge in [-0.2, -0.15) is 0 Å². The van der Waals surface area contributed by atoms with Gasteiger partial charge in [-0.05, 0) is 57.7 Å². The Morgan fingerprint density at radius 2 is 1.83 bits per heavy atom. The van der Waals surface area contributed by atoms with Crippen LogP contribution in [0.5, 0.6) is 0 Å². The molecule has 2 rings (SSSR count). The van der Waals surface area contributed by atoms with E-state index in [9.17, 15) is 5.11 Å². The molecule has 0 radical (unpaired) electrons. The molecule has 0 aliphatic heterocycles. The largest absolute Gasteiger partial charge is 0.393 e. The van der Waals surface area contributed by atoms with Gasteiger partial charge in [0, 0.05) is 12.6 Å². The predicted octanol–water partition coefficient (Wildman–Crippen LogP) is 3.04. The minimum absolute atomic E-state index is 0.0595. The molecule has 0 atom stereocenters. The first-order valence-electron chi connectivity index (χ1n) is 7.00. The van der Waals surface area contributed by atoms with Crippen LogP contribution in [-0.4, -0.2) is 29.2 Å².